The van der Waals surface area contributed by atoms with Gasteiger partial charge >= 0.3 is 0 Å². The van der Waals surface area contributed by atoms with Gasteiger partial charge in [-0.2, -0.15) is 0 Å². The molecule has 0 fully saturated rings. The number of ether oxygens (including phenoxy) is 3. The van der Waals surface area contributed by atoms with Gasteiger partial charge in [0.2, 0.25) is 5.91 Å². The Hall–Kier alpha value is -3.26. The van der Waals surface area contributed by atoms with Crippen molar-refractivity contribution in [3.63, 3.8) is 0 Å². The first-order chi connectivity index (χ1) is 14.6. The quantitative estimate of drug-likeness (QED) is 0.525. The zero-order valence-electron chi connectivity index (χ0n) is 17.0. The molecule has 30 heavy (non-hydrogen) atoms. The Morgan fingerprint density at radius 3 is 2.47 bits per heavy atom. The SMILES string of the molecule is COc1cccc(CNC(=O)CSc2ccc(-c3ccc(OC)c(OC)c3)nn2)c1. The lowest BCUT2D eigenvalue weighted by molar-refractivity contribution is -0.118. The molecule has 0 saturated heterocycles. The molecule has 0 aliphatic rings. The monoisotopic (exact) mass is 425 g/mol. The summed E-state index contributed by atoms with van der Waals surface area (Å²) in [5, 5.41) is 12.0. The summed E-state index contributed by atoms with van der Waals surface area (Å²) in [6.07, 6.45) is 0. The van der Waals surface area contributed by atoms with E-state index in [2.05, 4.69) is 15.5 Å². The third-order valence-electron chi connectivity index (χ3n) is 4.29. The van der Waals surface area contributed by atoms with Crippen LogP contribution in [-0.4, -0.2) is 43.2 Å². The average Bonchev–Trinajstić information content (AvgIpc) is 2.81. The van der Waals surface area contributed by atoms with Crippen LogP contribution < -0.4 is 19.5 Å². The first-order valence-electron chi connectivity index (χ1n) is 9.21. The second-order valence-electron chi connectivity index (χ2n) is 6.24. The van der Waals surface area contributed by atoms with E-state index in [1.807, 2.05) is 54.6 Å². The molecule has 0 atom stereocenters. The number of amides is 1. The fraction of sp³-hybridized carbons (Fsp3) is 0.227. The van der Waals surface area contributed by atoms with Gasteiger partial charge in [0.25, 0.3) is 0 Å². The molecule has 3 rings (SSSR count). The lowest BCUT2D eigenvalue weighted by atomic mass is 10.1. The lowest BCUT2D eigenvalue weighted by Crippen LogP contribution is -2.24. The molecule has 0 spiro atoms. The number of nitrogens with one attached hydrogen (secondary N) is 1. The van der Waals surface area contributed by atoms with Crippen LogP contribution in [0.25, 0.3) is 11.3 Å². The molecule has 1 N–H and O–H groups in total. The van der Waals surface area contributed by atoms with Gasteiger partial charge in [-0.15, -0.1) is 10.2 Å². The second-order valence-corrected chi connectivity index (χ2v) is 7.24. The van der Waals surface area contributed by atoms with Crippen molar-refractivity contribution in [2.24, 2.45) is 0 Å². The molecular formula is C22H23N3O4S. The van der Waals surface area contributed by atoms with Crippen LogP contribution in [0.3, 0.4) is 0 Å². The molecule has 1 amide bonds. The van der Waals surface area contributed by atoms with Gasteiger partial charge in [0.15, 0.2) is 11.5 Å². The van der Waals surface area contributed by atoms with Crippen LogP contribution in [0.2, 0.25) is 0 Å². The molecule has 0 bridgehead atoms. The predicted octanol–water partition coefficient (Wildman–Crippen LogP) is 3.58. The minimum atomic E-state index is -0.0754. The topological polar surface area (TPSA) is 82.6 Å². The van der Waals surface area contributed by atoms with Gasteiger partial charge in [0, 0.05) is 12.1 Å². The summed E-state index contributed by atoms with van der Waals surface area (Å²) in [7, 11) is 4.80. The van der Waals surface area contributed by atoms with Crippen LogP contribution in [0, 0.1) is 0 Å². The minimum Gasteiger partial charge on any atom is -0.497 e. The van der Waals surface area contributed by atoms with Crippen molar-refractivity contribution in [3.8, 4) is 28.5 Å². The highest BCUT2D eigenvalue weighted by Gasteiger charge is 2.09. The van der Waals surface area contributed by atoms with E-state index in [0.717, 1.165) is 16.9 Å². The summed E-state index contributed by atoms with van der Waals surface area (Å²) >= 11 is 1.33. The molecule has 3 aromatic rings. The maximum absolute atomic E-state index is 12.1. The van der Waals surface area contributed by atoms with Gasteiger partial charge in [0.05, 0.1) is 32.8 Å². The van der Waals surface area contributed by atoms with Crippen molar-refractivity contribution in [3.05, 3.63) is 60.2 Å². The smallest absolute Gasteiger partial charge is 0.230 e. The standard InChI is InChI=1S/C22H23N3O4S/c1-27-17-6-4-5-15(11-17)13-23-21(26)14-30-22-10-8-18(24-25-22)16-7-9-19(28-2)20(12-16)29-3/h4-12H,13-14H2,1-3H3,(H,23,26). The highest BCUT2D eigenvalue weighted by molar-refractivity contribution is 7.99. The number of nitrogens with zero attached hydrogens (tertiary/aromatic N) is 2. The Balaban J connectivity index is 1.53. The maximum Gasteiger partial charge on any atom is 0.230 e. The Labute approximate surface area is 179 Å². The second kappa shape index (κ2) is 10.5. The largest absolute Gasteiger partial charge is 0.497 e. The molecule has 0 unspecified atom stereocenters. The molecule has 2 aromatic carbocycles. The third-order valence-corrected chi connectivity index (χ3v) is 5.21. The first-order valence-corrected chi connectivity index (χ1v) is 10.2. The number of rotatable bonds is 9. The minimum absolute atomic E-state index is 0.0754. The van der Waals surface area contributed by atoms with Gasteiger partial charge in [0.1, 0.15) is 10.8 Å². The van der Waals surface area contributed by atoms with E-state index in [0.29, 0.717) is 28.8 Å². The Bertz CT molecular complexity index is 996. The van der Waals surface area contributed by atoms with Crippen molar-refractivity contribution in [2.75, 3.05) is 27.1 Å². The molecule has 8 heteroatoms. The zero-order chi connectivity index (χ0) is 21.3. The van der Waals surface area contributed by atoms with E-state index in [1.165, 1.54) is 11.8 Å². The van der Waals surface area contributed by atoms with Crippen molar-refractivity contribution >= 4 is 17.7 Å². The maximum atomic E-state index is 12.1. The molecule has 1 heterocycles. The summed E-state index contributed by atoms with van der Waals surface area (Å²) in [5.41, 5.74) is 2.56. The predicted molar refractivity (Wildman–Crippen MR) is 116 cm³/mol. The normalized spacial score (nSPS) is 10.4. The first kappa shape index (κ1) is 21.4. The van der Waals surface area contributed by atoms with E-state index in [4.69, 9.17) is 14.2 Å². The van der Waals surface area contributed by atoms with Crippen LogP contribution >= 0.6 is 11.8 Å². The Morgan fingerprint density at radius 1 is 0.933 bits per heavy atom. The molecule has 0 aliphatic carbocycles. The average molecular weight is 426 g/mol. The van der Waals surface area contributed by atoms with Gasteiger partial charge in [-0.05, 0) is 48.0 Å². The van der Waals surface area contributed by atoms with Gasteiger partial charge in [-0.25, -0.2) is 0 Å². The molecule has 7 nitrogen and oxygen atoms in total. The van der Waals surface area contributed by atoms with Gasteiger partial charge in [-0.1, -0.05) is 23.9 Å². The molecule has 0 saturated carbocycles. The summed E-state index contributed by atoms with van der Waals surface area (Å²) in [4.78, 5) is 12.1. The molecule has 156 valence electrons. The summed E-state index contributed by atoms with van der Waals surface area (Å²) < 4.78 is 15.8. The molecule has 1 aromatic heterocycles. The van der Waals surface area contributed by atoms with Crippen LogP contribution in [-0.2, 0) is 11.3 Å². The fourth-order valence-electron chi connectivity index (χ4n) is 2.72. The highest BCUT2D eigenvalue weighted by atomic mass is 32.2. The number of hydrogen-bond donors (Lipinski definition) is 1. The molecular weight excluding hydrogens is 402 g/mol. The van der Waals surface area contributed by atoms with E-state index in [-0.39, 0.29) is 11.7 Å². The third kappa shape index (κ3) is 5.64. The number of aromatic nitrogens is 2. The van der Waals surface area contributed by atoms with Crippen molar-refractivity contribution in [2.45, 2.75) is 11.6 Å². The van der Waals surface area contributed by atoms with Crippen LogP contribution in [0.15, 0.2) is 59.6 Å². The van der Waals surface area contributed by atoms with Crippen LogP contribution in [0.4, 0.5) is 0 Å². The Kier molecular flexibility index (Phi) is 7.51. The fourth-order valence-corrected chi connectivity index (χ4v) is 3.36. The summed E-state index contributed by atoms with van der Waals surface area (Å²) in [6, 6.07) is 16.9. The number of methoxy groups -OCH3 is 3. The van der Waals surface area contributed by atoms with Crippen molar-refractivity contribution < 1.29 is 19.0 Å². The van der Waals surface area contributed by atoms with E-state index >= 15 is 0 Å². The molecule has 0 aliphatic heterocycles. The van der Waals surface area contributed by atoms with E-state index in [9.17, 15) is 4.79 Å². The van der Waals surface area contributed by atoms with E-state index in [1.54, 1.807) is 21.3 Å². The van der Waals surface area contributed by atoms with E-state index < -0.39 is 0 Å². The van der Waals surface area contributed by atoms with Crippen molar-refractivity contribution in [1.82, 2.24) is 15.5 Å². The number of carbonyl (C=O) groups is 1. The molecule has 0 radical (unpaired) electrons. The van der Waals surface area contributed by atoms with Crippen LogP contribution in [0.5, 0.6) is 17.2 Å². The number of hydrogen-bond acceptors (Lipinski definition) is 7. The number of benzene rings is 2. The number of thioether (sulfide) groups is 1. The lowest BCUT2D eigenvalue weighted by Gasteiger charge is -2.09. The van der Waals surface area contributed by atoms with Gasteiger partial charge < -0.3 is 19.5 Å². The zero-order valence-corrected chi connectivity index (χ0v) is 17.9. The highest BCUT2D eigenvalue weighted by Crippen LogP contribution is 2.31. The summed E-state index contributed by atoms with van der Waals surface area (Å²) in [6.45, 7) is 0.445. The number of carbonyl (C=O) groups excluding carboxylic acids is 1. The van der Waals surface area contributed by atoms with Crippen LogP contribution in [0.1, 0.15) is 5.56 Å². The van der Waals surface area contributed by atoms with Crippen molar-refractivity contribution in [1.29, 1.82) is 0 Å². The Morgan fingerprint density at radius 2 is 1.77 bits per heavy atom. The van der Waals surface area contributed by atoms with Gasteiger partial charge in [-0.3, -0.25) is 4.79 Å². The summed E-state index contributed by atoms with van der Waals surface area (Å²) in [5.74, 6) is 2.23.